The van der Waals surface area contributed by atoms with Gasteiger partial charge >= 0.3 is 0 Å². The van der Waals surface area contributed by atoms with Crippen LogP contribution in [0.1, 0.15) is 45.2 Å². The van der Waals surface area contributed by atoms with E-state index in [0.29, 0.717) is 0 Å². The van der Waals surface area contributed by atoms with Gasteiger partial charge in [-0.05, 0) is 36.0 Å². The molecule has 0 bridgehead atoms. The van der Waals surface area contributed by atoms with Crippen LogP contribution in [0.15, 0.2) is 24.3 Å². The van der Waals surface area contributed by atoms with Crippen LogP contribution >= 0.6 is 0 Å². The fraction of sp³-hybridized carbons (Fsp3) is 0.533. The Morgan fingerprint density at radius 3 is 2.26 bits per heavy atom. The van der Waals surface area contributed by atoms with E-state index in [1.165, 1.54) is 12.1 Å². The van der Waals surface area contributed by atoms with Gasteiger partial charge in [0, 0.05) is 0 Å². The first kappa shape index (κ1) is 14.0. The highest BCUT2D eigenvalue weighted by atomic mass is 19.1. The summed E-state index contributed by atoms with van der Waals surface area (Å²) in [6.07, 6.45) is 1.47. The van der Waals surface area contributed by atoms with E-state index in [1.807, 2.05) is 20.8 Å². The van der Waals surface area contributed by atoms with Crippen LogP contribution in [0.25, 0.3) is 0 Å². The molecule has 3 nitrogen and oxygen atoms in total. The molecule has 1 aliphatic rings. The fourth-order valence-electron chi connectivity index (χ4n) is 2.09. The van der Waals surface area contributed by atoms with Gasteiger partial charge in [0.25, 0.3) is 0 Å². The first-order chi connectivity index (χ1) is 8.72. The Morgan fingerprint density at radius 1 is 1.32 bits per heavy atom. The lowest BCUT2D eigenvalue weighted by atomic mass is 9.82. The van der Waals surface area contributed by atoms with Crippen LogP contribution in [0.5, 0.6) is 0 Å². The average Bonchev–Trinajstić information content (AvgIpc) is 3.05. The van der Waals surface area contributed by atoms with Gasteiger partial charge in [-0.25, -0.2) is 4.39 Å². The molecule has 0 heterocycles. The second-order valence-corrected chi connectivity index (χ2v) is 6.48. The van der Waals surface area contributed by atoms with Crippen molar-refractivity contribution < 1.29 is 9.18 Å². The van der Waals surface area contributed by atoms with Crippen molar-refractivity contribution in [2.24, 2.45) is 11.1 Å². The maximum absolute atomic E-state index is 13.0. The molecule has 1 aromatic rings. The van der Waals surface area contributed by atoms with Crippen molar-refractivity contribution >= 4 is 5.91 Å². The molecule has 1 saturated carbocycles. The van der Waals surface area contributed by atoms with Crippen molar-refractivity contribution in [3.63, 3.8) is 0 Å². The number of carbonyl (C=O) groups excluding carboxylic acids is 1. The van der Waals surface area contributed by atoms with E-state index in [4.69, 9.17) is 5.73 Å². The van der Waals surface area contributed by atoms with Crippen molar-refractivity contribution in [3.8, 4) is 0 Å². The third kappa shape index (κ3) is 3.13. The van der Waals surface area contributed by atoms with E-state index >= 15 is 0 Å². The number of halogens is 1. The number of nitrogens with two attached hydrogens (primary N) is 1. The molecule has 2 rings (SSSR count). The summed E-state index contributed by atoms with van der Waals surface area (Å²) in [7, 11) is 0. The first-order valence-electron chi connectivity index (χ1n) is 6.58. The fourth-order valence-corrected chi connectivity index (χ4v) is 2.09. The lowest BCUT2D eigenvalue weighted by molar-refractivity contribution is -0.124. The van der Waals surface area contributed by atoms with Gasteiger partial charge in [-0.15, -0.1) is 0 Å². The Morgan fingerprint density at radius 2 is 1.84 bits per heavy atom. The second kappa shape index (κ2) is 4.60. The lowest BCUT2D eigenvalue weighted by Crippen LogP contribution is -2.47. The Bertz CT molecular complexity index is 472. The number of nitrogens with one attached hydrogen (secondary N) is 1. The molecule has 19 heavy (non-hydrogen) atoms. The third-order valence-electron chi connectivity index (χ3n) is 3.59. The summed E-state index contributed by atoms with van der Waals surface area (Å²) in [4.78, 5) is 12.1. The zero-order chi connectivity index (χ0) is 14.3. The molecule has 0 aromatic heterocycles. The third-order valence-corrected chi connectivity index (χ3v) is 3.59. The molecule has 1 unspecified atom stereocenters. The van der Waals surface area contributed by atoms with Crippen LogP contribution in [0.4, 0.5) is 4.39 Å². The molecule has 4 heteroatoms. The number of rotatable bonds is 3. The summed E-state index contributed by atoms with van der Waals surface area (Å²) >= 11 is 0. The summed E-state index contributed by atoms with van der Waals surface area (Å²) < 4.78 is 13.0. The Hall–Kier alpha value is -1.42. The zero-order valence-electron chi connectivity index (χ0n) is 11.7. The zero-order valence-corrected chi connectivity index (χ0v) is 11.7. The van der Waals surface area contributed by atoms with E-state index in [9.17, 15) is 9.18 Å². The number of amides is 1. The van der Waals surface area contributed by atoms with E-state index in [0.717, 1.165) is 18.4 Å². The molecule has 3 N–H and O–H groups in total. The molecule has 0 spiro atoms. The van der Waals surface area contributed by atoms with Gasteiger partial charge in [-0.2, -0.15) is 0 Å². The lowest BCUT2D eigenvalue weighted by Gasteiger charge is -2.33. The van der Waals surface area contributed by atoms with Crippen LogP contribution in [-0.2, 0) is 4.79 Å². The number of hydrogen-bond acceptors (Lipinski definition) is 2. The standard InChI is InChI=1S/C15H21FN2O/c1-14(2,3)12(10-4-6-11(16)7-5-10)18-13(19)15(17)8-9-15/h4-7,12H,8-9,17H2,1-3H3,(H,18,19). The molecule has 1 aliphatic carbocycles. The van der Waals surface area contributed by atoms with E-state index < -0.39 is 5.54 Å². The molecule has 1 atom stereocenters. The van der Waals surface area contributed by atoms with Crippen molar-refractivity contribution in [1.82, 2.24) is 5.32 Å². The maximum atomic E-state index is 13.0. The van der Waals surface area contributed by atoms with Gasteiger partial charge in [0.2, 0.25) is 5.91 Å². The van der Waals surface area contributed by atoms with Gasteiger partial charge in [0.05, 0.1) is 11.6 Å². The minimum atomic E-state index is -0.691. The van der Waals surface area contributed by atoms with E-state index in [2.05, 4.69) is 5.32 Å². The number of benzene rings is 1. The molecule has 1 amide bonds. The highest BCUT2D eigenvalue weighted by Gasteiger charge is 2.47. The maximum Gasteiger partial charge on any atom is 0.240 e. The quantitative estimate of drug-likeness (QED) is 0.881. The molecule has 0 radical (unpaired) electrons. The van der Waals surface area contributed by atoms with Gasteiger partial charge in [-0.3, -0.25) is 4.79 Å². The van der Waals surface area contributed by atoms with Crippen LogP contribution in [0.3, 0.4) is 0 Å². The smallest absolute Gasteiger partial charge is 0.240 e. The highest BCUT2D eigenvalue weighted by Crippen LogP contribution is 2.37. The van der Waals surface area contributed by atoms with Crippen molar-refractivity contribution in [1.29, 1.82) is 0 Å². The Balaban J connectivity index is 2.21. The first-order valence-corrected chi connectivity index (χ1v) is 6.58. The molecular weight excluding hydrogens is 243 g/mol. The van der Waals surface area contributed by atoms with E-state index in [1.54, 1.807) is 12.1 Å². The minimum Gasteiger partial charge on any atom is -0.347 e. The normalized spacial score (nSPS) is 18.8. The predicted octanol–water partition coefficient (Wildman–Crippen LogP) is 2.52. The minimum absolute atomic E-state index is 0.114. The number of carbonyl (C=O) groups is 1. The molecule has 0 aliphatic heterocycles. The summed E-state index contributed by atoms with van der Waals surface area (Å²) in [6, 6.07) is 6.07. The van der Waals surface area contributed by atoms with Crippen molar-refractivity contribution in [3.05, 3.63) is 35.6 Å². The van der Waals surface area contributed by atoms with Gasteiger partial charge < -0.3 is 11.1 Å². The molecule has 0 saturated heterocycles. The predicted molar refractivity (Wildman–Crippen MR) is 72.9 cm³/mol. The largest absolute Gasteiger partial charge is 0.347 e. The average molecular weight is 264 g/mol. The molecule has 1 fully saturated rings. The summed E-state index contributed by atoms with van der Waals surface area (Å²) in [5.74, 6) is -0.392. The SMILES string of the molecule is CC(C)(C)C(NC(=O)C1(N)CC1)c1ccc(F)cc1. The second-order valence-electron chi connectivity index (χ2n) is 6.48. The Kier molecular flexibility index (Phi) is 3.39. The van der Waals surface area contributed by atoms with Crippen LogP contribution in [-0.4, -0.2) is 11.4 Å². The van der Waals surface area contributed by atoms with Crippen LogP contribution < -0.4 is 11.1 Å². The number of hydrogen-bond donors (Lipinski definition) is 2. The Labute approximate surface area is 113 Å². The van der Waals surface area contributed by atoms with Crippen molar-refractivity contribution in [2.75, 3.05) is 0 Å². The summed E-state index contributed by atoms with van der Waals surface area (Å²) in [6.45, 7) is 6.12. The van der Waals surface area contributed by atoms with Gasteiger partial charge in [0.15, 0.2) is 0 Å². The molecule has 1 aromatic carbocycles. The van der Waals surface area contributed by atoms with E-state index in [-0.39, 0.29) is 23.2 Å². The van der Waals surface area contributed by atoms with Gasteiger partial charge in [0.1, 0.15) is 5.82 Å². The summed E-state index contributed by atoms with van der Waals surface area (Å²) in [5.41, 5.74) is 5.95. The van der Waals surface area contributed by atoms with Gasteiger partial charge in [-0.1, -0.05) is 32.9 Å². The highest BCUT2D eigenvalue weighted by molar-refractivity contribution is 5.89. The van der Waals surface area contributed by atoms with Crippen LogP contribution in [0, 0.1) is 11.2 Å². The monoisotopic (exact) mass is 264 g/mol. The van der Waals surface area contributed by atoms with Crippen molar-refractivity contribution in [2.45, 2.75) is 45.2 Å². The molecule has 104 valence electrons. The van der Waals surface area contributed by atoms with Crippen LogP contribution in [0.2, 0.25) is 0 Å². The molecular formula is C15H21FN2O. The summed E-state index contributed by atoms with van der Waals surface area (Å²) in [5, 5.41) is 3.01. The topological polar surface area (TPSA) is 55.1 Å².